The largest absolute Gasteiger partial charge is 0.307 e. The van der Waals surface area contributed by atoms with Crippen LogP contribution in [0.4, 0.5) is 0 Å². The SMILES string of the molecule is CCCC1CCC(NC2CCCc3sc(Cl)cc32)CC1. The maximum atomic E-state index is 6.20. The number of aryl methyl sites for hydroxylation is 1. The molecule has 112 valence electrons. The van der Waals surface area contributed by atoms with Crippen LogP contribution < -0.4 is 5.32 Å². The Kier molecular flexibility index (Phi) is 5.06. The number of nitrogens with one attached hydrogen (secondary N) is 1. The zero-order valence-electron chi connectivity index (χ0n) is 12.5. The van der Waals surface area contributed by atoms with Crippen LogP contribution >= 0.6 is 22.9 Å². The molecule has 0 saturated heterocycles. The number of hydrogen-bond donors (Lipinski definition) is 1. The van der Waals surface area contributed by atoms with E-state index in [1.165, 1.54) is 68.2 Å². The van der Waals surface area contributed by atoms with E-state index in [-0.39, 0.29) is 0 Å². The summed E-state index contributed by atoms with van der Waals surface area (Å²) < 4.78 is 0.968. The Bertz CT molecular complexity index is 434. The smallest absolute Gasteiger partial charge is 0.0934 e. The van der Waals surface area contributed by atoms with Crippen LogP contribution in [-0.4, -0.2) is 6.04 Å². The molecule has 0 bridgehead atoms. The summed E-state index contributed by atoms with van der Waals surface area (Å²) in [4.78, 5) is 1.53. The second kappa shape index (κ2) is 6.81. The molecule has 0 radical (unpaired) electrons. The lowest BCUT2D eigenvalue weighted by atomic mass is 9.82. The quantitative estimate of drug-likeness (QED) is 0.749. The van der Waals surface area contributed by atoms with Gasteiger partial charge in [0.2, 0.25) is 0 Å². The third kappa shape index (κ3) is 3.40. The monoisotopic (exact) mass is 311 g/mol. The summed E-state index contributed by atoms with van der Waals surface area (Å²) in [5, 5.41) is 3.94. The fourth-order valence-corrected chi connectivity index (χ4v) is 5.39. The number of hydrogen-bond acceptors (Lipinski definition) is 2. The highest BCUT2D eigenvalue weighted by Crippen LogP contribution is 2.39. The maximum Gasteiger partial charge on any atom is 0.0934 e. The van der Waals surface area contributed by atoms with Gasteiger partial charge in [-0.25, -0.2) is 0 Å². The molecule has 3 heteroatoms. The van der Waals surface area contributed by atoms with Gasteiger partial charge < -0.3 is 5.32 Å². The fourth-order valence-electron chi connectivity index (χ4n) is 4.01. The lowest BCUT2D eigenvalue weighted by molar-refractivity contribution is 0.256. The van der Waals surface area contributed by atoms with Crippen LogP contribution in [0.2, 0.25) is 4.34 Å². The lowest BCUT2D eigenvalue weighted by Crippen LogP contribution is -2.37. The molecule has 1 fully saturated rings. The average Bonchev–Trinajstić information content (AvgIpc) is 2.83. The Hall–Kier alpha value is -0.0500. The molecule has 0 aromatic carbocycles. The van der Waals surface area contributed by atoms with Gasteiger partial charge in [0.15, 0.2) is 0 Å². The third-order valence-electron chi connectivity index (χ3n) is 5.06. The second-order valence-corrected chi connectivity index (χ2v) is 8.31. The van der Waals surface area contributed by atoms with Gasteiger partial charge in [-0.3, -0.25) is 0 Å². The minimum atomic E-state index is 0.565. The van der Waals surface area contributed by atoms with E-state index >= 15 is 0 Å². The Labute approximate surface area is 132 Å². The van der Waals surface area contributed by atoms with Gasteiger partial charge in [0.1, 0.15) is 0 Å². The minimum Gasteiger partial charge on any atom is -0.307 e. The standard InChI is InChI=1S/C17H26ClNS/c1-2-4-12-7-9-13(10-8-12)19-15-5-3-6-16-14(15)11-17(18)20-16/h11-13,15,19H,2-10H2,1H3. The molecule has 1 heterocycles. The Morgan fingerprint density at radius 2 is 2.05 bits per heavy atom. The summed E-state index contributed by atoms with van der Waals surface area (Å²) in [6.07, 6.45) is 12.2. The van der Waals surface area contributed by atoms with Crippen LogP contribution in [0.15, 0.2) is 6.07 Å². The van der Waals surface area contributed by atoms with Gasteiger partial charge in [0.25, 0.3) is 0 Å². The van der Waals surface area contributed by atoms with Crippen LogP contribution in [0.5, 0.6) is 0 Å². The molecular weight excluding hydrogens is 286 g/mol. The van der Waals surface area contributed by atoms with Gasteiger partial charge in [0.05, 0.1) is 4.34 Å². The van der Waals surface area contributed by atoms with E-state index in [4.69, 9.17) is 11.6 Å². The van der Waals surface area contributed by atoms with E-state index < -0.39 is 0 Å². The molecule has 1 saturated carbocycles. The van der Waals surface area contributed by atoms with E-state index in [1.54, 1.807) is 11.3 Å². The van der Waals surface area contributed by atoms with Crippen molar-refractivity contribution in [3.63, 3.8) is 0 Å². The molecule has 1 unspecified atom stereocenters. The Morgan fingerprint density at radius 1 is 1.25 bits per heavy atom. The van der Waals surface area contributed by atoms with Crippen molar-refractivity contribution in [1.29, 1.82) is 0 Å². The molecule has 0 amide bonds. The van der Waals surface area contributed by atoms with E-state index in [0.29, 0.717) is 6.04 Å². The molecule has 1 N–H and O–H groups in total. The minimum absolute atomic E-state index is 0.565. The molecule has 2 aliphatic carbocycles. The first-order valence-corrected chi connectivity index (χ1v) is 9.50. The molecular formula is C17H26ClNS. The summed E-state index contributed by atoms with van der Waals surface area (Å²) in [6, 6.07) is 3.51. The average molecular weight is 312 g/mol. The van der Waals surface area contributed by atoms with Crippen LogP contribution in [0, 0.1) is 5.92 Å². The van der Waals surface area contributed by atoms with E-state index in [9.17, 15) is 0 Å². The summed E-state index contributed by atoms with van der Waals surface area (Å²) in [5.41, 5.74) is 1.50. The van der Waals surface area contributed by atoms with Crippen LogP contribution in [0.3, 0.4) is 0 Å². The van der Waals surface area contributed by atoms with Gasteiger partial charge in [-0.1, -0.05) is 31.4 Å². The predicted octanol–water partition coefficient (Wildman–Crippen LogP) is 5.73. The first-order valence-electron chi connectivity index (χ1n) is 8.30. The molecule has 20 heavy (non-hydrogen) atoms. The van der Waals surface area contributed by atoms with E-state index in [0.717, 1.165) is 16.3 Å². The highest BCUT2D eigenvalue weighted by Gasteiger charge is 2.27. The van der Waals surface area contributed by atoms with Gasteiger partial charge in [0, 0.05) is 17.0 Å². The topological polar surface area (TPSA) is 12.0 Å². The summed E-state index contributed by atoms with van der Waals surface area (Å²) in [7, 11) is 0. The third-order valence-corrected chi connectivity index (χ3v) is 6.40. The van der Waals surface area contributed by atoms with Crippen molar-refractivity contribution in [2.24, 2.45) is 5.92 Å². The van der Waals surface area contributed by atoms with Crippen molar-refractivity contribution in [2.75, 3.05) is 0 Å². The highest BCUT2D eigenvalue weighted by atomic mass is 35.5. The van der Waals surface area contributed by atoms with Crippen LogP contribution in [0.1, 0.15) is 74.8 Å². The van der Waals surface area contributed by atoms with Crippen molar-refractivity contribution in [1.82, 2.24) is 5.32 Å². The molecule has 1 aromatic rings. The van der Waals surface area contributed by atoms with Crippen molar-refractivity contribution < 1.29 is 0 Å². The number of thiophene rings is 1. The summed E-state index contributed by atoms with van der Waals surface area (Å²) >= 11 is 7.99. The zero-order chi connectivity index (χ0) is 13.9. The first-order chi connectivity index (χ1) is 9.76. The van der Waals surface area contributed by atoms with E-state index in [2.05, 4.69) is 18.3 Å². The van der Waals surface area contributed by atoms with Gasteiger partial charge in [-0.15, -0.1) is 11.3 Å². The normalized spacial score (nSPS) is 30.2. The zero-order valence-corrected chi connectivity index (χ0v) is 14.0. The number of fused-ring (bicyclic) bond motifs is 1. The van der Waals surface area contributed by atoms with Crippen molar-refractivity contribution >= 4 is 22.9 Å². The second-order valence-electron chi connectivity index (χ2n) is 6.55. The van der Waals surface area contributed by atoms with Gasteiger partial charge in [-0.05, 0) is 62.5 Å². The molecule has 0 aliphatic heterocycles. The molecule has 2 aliphatic rings. The van der Waals surface area contributed by atoms with E-state index in [1.807, 2.05) is 0 Å². The molecule has 1 atom stereocenters. The van der Waals surface area contributed by atoms with Crippen molar-refractivity contribution in [2.45, 2.75) is 76.8 Å². The summed E-state index contributed by atoms with van der Waals surface area (Å²) in [5.74, 6) is 0.996. The lowest BCUT2D eigenvalue weighted by Gasteiger charge is -2.33. The number of rotatable bonds is 4. The van der Waals surface area contributed by atoms with Crippen LogP contribution in [-0.2, 0) is 6.42 Å². The van der Waals surface area contributed by atoms with Gasteiger partial charge in [-0.2, -0.15) is 0 Å². The van der Waals surface area contributed by atoms with Crippen molar-refractivity contribution in [3.05, 3.63) is 20.8 Å². The molecule has 1 nitrogen and oxygen atoms in total. The molecule has 1 aromatic heterocycles. The Balaban J connectivity index is 1.57. The molecule has 3 rings (SSSR count). The highest BCUT2D eigenvalue weighted by molar-refractivity contribution is 7.16. The van der Waals surface area contributed by atoms with Gasteiger partial charge >= 0.3 is 0 Å². The maximum absolute atomic E-state index is 6.20. The summed E-state index contributed by atoms with van der Waals surface area (Å²) in [6.45, 7) is 2.31. The predicted molar refractivity (Wildman–Crippen MR) is 88.8 cm³/mol. The van der Waals surface area contributed by atoms with Crippen molar-refractivity contribution in [3.8, 4) is 0 Å². The fraction of sp³-hybridized carbons (Fsp3) is 0.765. The van der Waals surface area contributed by atoms with Crippen LogP contribution in [0.25, 0.3) is 0 Å². The Morgan fingerprint density at radius 3 is 2.80 bits per heavy atom. The number of halogens is 1. The molecule has 0 spiro atoms. The first kappa shape index (κ1) is 14.9.